The number of aryl methyl sites for hydroxylation is 2. The second-order valence-corrected chi connectivity index (χ2v) is 6.63. The van der Waals surface area contributed by atoms with Crippen LogP contribution in [0.4, 0.5) is 5.69 Å². The summed E-state index contributed by atoms with van der Waals surface area (Å²) in [5.74, 6) is 0.285. The second-order valence-electron chi connectivity index (χ2n) is 6.63. The summed E-state index contributed by atoms with van der Waals surface area (Å²) in [7, 11) is 3.22. The van der Waals surface area contributed by atoms with E-state index in [9.17, 15) is 9.59 Å². The van der Waals surface area contributed by atoms with Crippen LogP contribution < -0.4 is 10.1 Å². The average Bonchev–Trinajstić information content (AvgIpc) is 2.67. The van der Waals surface area contributed by atoms with Gasteiger partial charge in [0.05, 0.1) is 13.7 Å². The highest BCUT2D eigenvalue weighted by molar-refractivity contribution is 5.99. The van der Waals surface area contributed by atoms with Crippen LogP contribution in [0.5, 0.6) is 5.75 Å². The number of likely N-dealkylation sites (N-methyl/N-ethyl adjacent to an activating group) is 1. The molecule has 2 amide bonds. The molecule has 0 fully saturated rings. The van der Waals surface area contributed by atoms with Gasteiger partial charge in [-0.25, -0.2) is 0 Å². The van der Waals surface area contributed by atoms with E-state index in [2.05, 4.69) is 5.32 Å². The van der Waals surface area contributed by atoms with Gasteiger partial charge < -0.3 is 15.0 Å². The summed E-state index contributed by atoms with van der Waals surface area (Å²) in [6, 6.07) is 13.0. The molecule has 0 aromatic heterocycles. The molecule has 0 aliphatic heterocycles. The monoisotopic (exact) mass is 352 g/mol. The minimum absolute atomic E-state index is 0.00682. The number of nitrogens with one attached hydrogen (secondary N) is 1. The summed E-state index contributed by atoms with van der Waals surface area (Å²) in [4.78, 5) is 26.3. The predicted molar refractivity (Wildman–Crippen MR) is 102 cm³/mol. The van der Waals surface area contributed by atoms with Gasteiger partial charge in [0.15, 0.2) is 0 Å². The van der Waals surface area contributed by atoms with E-state index in [-0.39, 0.29) is 18.4 Å². The van der Waals surface area contributed by atoms with Crippen LogP contribution in [0.25, 0.3) is 0 Å². The second kappa shape index (κ2) is 8.04. The molecule has 0 heterocycles. The van der Waals surface area contributed by atoms with Crippen LogP contribution in [-0.2, 0) is 17.6 Å². The molecule has 0 atom stereocenters. The van der Waals surface area contributed by atoms with Crippen molar-refractivity contribution < 1.29 is 14.3 Å². The van der Waals surface area contributed by atoms with E-state index in [1.54, 1.807) is 38.4 Å². The molecule has 136 valence electrons. The van der Waals surface area contributed by atoms with Crippen molar-refractivity contribution in [3.63, 3.8) is 0 Å². The van der Waals surface area contributed by atoms with E-state index >= 15 is 0 Å². The van der Waals surface area contributed by atoms with Gasteiger partial charge >= 0.3 is 0 Å². The lowest BCUT2D eigenvalue weighted by Gasteiger charge is -2.20. The number of anilines is 1. The van der Waals surface area contributed by atoms with Gasteiger partial charge in [-0.1, -0.05) is 12.1 Å². The molecule has 0 saturated heterocycles. The van der Waals surface area contributed by atoms with E-state index < -0.39 is 0 Å². The Labute approximate surface area is 154 Å². The smallest absolute Gasteiger partial charge is 0.254 e. The summed E-state index contributed by atoms with van der Waals surface area (Å²) in [5, 5.41) is 2.79. The Morgan fingerprint density at radius 3 is 2.62 bits per heavy atom. The molecule has 5 heteroatoms. The number of hydrogen-bond donors (Lipinski definition) is 1. The number of methoxy groups -OCH3 is 1. The van der Waals surface area contributed by atoms with Crippen molar-refractivity contribution in [2.45, 2.75) is 25.7 Å². The SMILES string of the molecule is COc1cccc(NC(=O)CN(C)C(=O)c2ccc3c(c2)CCCC3)c1. The van der Waals surface area contributed by atoms with Crippen molar-refractivity contribution in [2.24, 2.45) is 0 Å². The van der Waals surface area contributed by atoms with Crippen molar-refractivity contribution >= 4 is 17.5 Å². The molecule has 0 bridgehead atoms. The number of rotatable bonds is 5. The Morgan fingerprint density at radius 1 is 1.08 bits per heavy atom. The Balaban J connectivity index is 1.62. The van der Waals surface area contributed by atoms with E-state index in [1.807, 2.05) is 18.2 Å². The van der Waals surface area contributed by atoms with Crippen molar-refractivity contribution in [3.05, 3.63) is 59.2 Å². The maximum Gasteiger partial charge on any atom is 0.254 e. The van der Waals surface area contributed by atoms with E-state index in [0.717, 1.165) is 12.8 Å². The number of hydrogen-bond acceptors (Lipinski definition) is 3. The van der Waals surface area contributed by atoms with Crippen LogP contribution in [0.15, 0.2) is 42.5 Å². The maximum absolute atomic E-state index is 12.6. The lowest BCUT2D eigenvalue weighted by Crippen LogP contribution is -2.35. The number of carbonyl (C=O) groups is 2. The predicted octanol–water partition coefficient (Wildman–Crippen LogP) is 3.28. The molecule has 26 heavy (non-hydrogen) atoms. The third-order valence-electron chi connectivity index (χ3n) is 4.68. The van der Waals surface area contributed by atoms with Crippen LogP contribution >= 0.6 is 0 Å². The summed E-state index contributed by atoms with van der Waals surface area (Å²) in [6.07, 6.45) is 4.49. The molecule has 2 aromatic rings. The number of carbonyl (C=O) groups excluding carboxylic acids is 2. The number of ether oxygens (including phenoxy) is 1. The summed E-state index contributed by atoms with van der Waals surface area (Å²) in [6.45, 7) is -0.00682. The van der Waals surface area contributed by atoms with Gasteiger partial charge in [0.2, 0.25) is 5.91 Å². The Morgan fingerprint density at radius 2 is 1.85 bits per heavy atom. The molecule has 1 aliphatic carbocycles. The van der Waals surface area contributed by atoms with Crippen molar-refractivity contribution in [2.75, 3.05) is 26.0 Å². The molecule has 0 spiro atoms. The first-order valence-corrected chi connectivity index (χ1v) is 8.88. The van der Waals surface area contributed by atoms with Gasteiger partial charge in [0.25, 0.3) is 5.91 Å². The van der Waals surface area contributed by atoms with Crippen molar-refractivity contribution in [1.82, 2.24) is 4.90 Å². The minimum atomic E-state index is -0.243. The van der Waals surface area contributed by atoms with Crippen LogP contribution in [0.1, 0.15) is 34.3 Å². The fourth-order valence-corrected chi connectivity index (χ4v) is 3.28. The van der Waals surface area contributed by atoms with Gasteiger partial charge in [0.1, 0.15) is 5.75 Å². The van der Waals surface area contributed by atoms with Gasteiger partial charge in [-0.05, 0) is 61.1 Å². The van der Waals surface area contributed by atoms with Crippen molar-refractivity contribution in [3.8, 4) is 5.75 Å². The lowest BCUT2D eigenvalue weighted by molar-refractivity contribution is -0.116. The third kappa shape index (κ3) is 4.23. The Bertz CT molecular complexity index is 817. The lowest BCUT2D eigenvalue weighted by atomic mass is 9.90. The van der Waals surface area contributed by atoms with Gasteiger partial charge in [-0.3, -0.25) is 9.59 Å². The van der Waals surface area contributed by atoms with Gasteiger partial charge in [-0.2, -0.15) is 0 Å². The highest BCUT2D eigenvalue weighted by Gasteiger charge is 2.17. The van der Waals surface area contributed by atoms with Crippen LogP contribution in [0.3, 0.4) is 0 Å². The molecule has 0 saturated carbocycles. The molecule has 3 rings (SSSR count). The minimum Gasteiger partial charge on any atom is -0.497 e. The van der Waals surface area contributed by atoms with E-state index in [1.165, 1.54) is 28.9 Å². The standard InChI is InChI=1S/C21H24N2O3/c1-23(14-20(24)22-18-8-5-9-19(13-18)26-2)21(25)17-11-10-15-6-3-4-7-16(15)12-17/h5,8-13H,3-4,6-7,14H2,1-2H3,(H,22,24). The van der Waals surface area contributed by atoms with Gasteiger partial charge in [-0.15, -0.1) is 0 Å². The Hall–Kier alpha value is -2.82. The molecular formula is C21H24N2O3. The summed E-state index contributed by atoms with van der Waals surface area (Å²) in [5.41, 5.74) is 3.88. The normalized spacial score (nSPS) is 12.8. The zero-order valence-electron chi connectivity index (χ0n) is 15.2. The molecular weight excluding hydrogens is 328 g/mol. The number of benzene rings is 2. The molecule has 2 aromatic carbocycles. The fourth-order valence-electron chi connectivity index (χ4n) is 3.28. The first-order chi connectivity index (χ1) is 12.6. The fraction of sp³-hybridized carbons (Fsp3) is 0.333. The summed E-state index contributed by atoms with van der Waals surface area (Å²) >= 11 is 0. The highest BCUT2D eigenvalue weighted by atomic mass is 16.5. The van der Waals surface area contributed by atoms with Crippen molar-refractivity contribution in [1.29, 1.82) is 0 Å². The molecule has 0 unspecified atom stereocenters. The largest absolute Gasteiger partial charge is 0.497 e. The topological polar surface area (TPSA) is 58.6 Å². The number of amides is 2. The zero-order valence-corrected chi connectivity index (χ0v) is 15.2. The highest BCUT2D eigenvalue weighted by Crippen LogP contribution is 2.23. The number of fused-ring (bicyclic) bond motifs is 1. The quantitative estimate of drug-likeness (QED) is 0.898. The van der Waals surface area contributed by atoms with Crippen LogP contribution in [0, 0.1) is 0 Å². The zero-order chi connectivity index (χ0) is 18.5. The van der Waals surface area contributed by atoms with Crippen LogP contribution in [0.2, 0.25) is 0 Å². The molecule has 1 N–H and O–H groups in total. The first-order valence-electron chi connectivity index (χ1n) is 8.88. The molecule has 0 radical (unpaired) electrons. The average molecular weight is 352 g/mol. The molecule has 1 aliphatic rings. The van der Waals surface area contributed by atoms with Crippen LogP contribution in [-0.4, -0.2) is 37.4 Å². The summed E-state index contributed by atoms with van der Waals surface area (Å²) < 4.78 is 5.14. The molecule has 5 nitrogen and oxygen atoms in total. The number of nitrogens with zero attached hydrogens (tertiary/aromatic N) is 1. The maximum atomic E-state index is 12.6. The van der Waals surface area contributed by atoms with Gasteiger partial charge in [0, 0.05) is 24.4 Å². The Kier molecular flexibility index (Phi) is 5.56. The third-order valence-corrected chi connectivity index (χ3v) is 4.68. The van der Waals surface area contributed by atoms with E-state index in [0.29, 0.717) is 17.0 Å². The van der Waals surface area contributed by atoms with E-state index in [4.69, 9.17) is 4.74 Å². The first kappa shape index (κ1) is 18.0.